The van der Waals surface area contributed by atoms with Crippen molar-refractivity contribution in [1.29, 1.82) is 0 Å². The maximum absolute atomic E-state index is 13.3. The first-order chi connectivity index (χ1) is 8.04. The molecule has 0 aliphatic heterocycles. The molecule has 0 aliphatic rings. The summed E-state index contributed by atoms with van der Waals surface area (Å²) < 4.78 is 18.9. The summed E-state index contributed by atoms with van der Waals surface area (Å²) in [6.07, 6.45) is 0. The fourth-order valence-corrected chi connectivity index (χ4v) is 1.60. The van der Waals surface area contributed by atoms with E-state index in [2.05, 4.69) is 26.1 Å². The van der Waals surface area contributed by atoms with Crippen molar-refractivity contribution in [2.45, 2.75) is 33.7 Å². The van der Waals surface area contributed by atoms with Crippen LogP contribution in [0, 0.1) is 18.7 Å². The Kier molecular flexibility index (Phi) is 5.42. The lowest BCUT2D eigenvalue weighted by atomic mass is 10.1. The van der Waals surface area contributed by atoms with Crippen molar-refractivity contribution in [3.8, 4) is 5.75 Å². The smallest absolute Gasteiger partial charge is 0.129 e. The van der Waals surface area contributed by atoms with Gasteiger partial charge in [0, 0.05) is 12.1 Å². The van der Waals surface area contributed by atoms with Gasteiger partial charge in [-0.3, -0.25) is 0 Å². The maximum Gasteiger partial charge on any atom is 0.129 e. The monoisotopic (exact) mass is 239 g/mol. The van der Waals surface area contributed by atoms with E-state index >= 15 is 0 Å². The molecular weight excluding hydrogens is 217 g/mol. The lowest BCUT2D eigenvalue weighted by Gasteiger charge is -2.22. The zero-order valence-electron chi connectivity index (χ0n) is 11.1. The predicted octanol–water partition coefficient (Wildman–Crippen LogP) is 3.15. The van der Waals surface area contributed by atoms with Crippen LogP contribution in [0.1, 0.15) is 26.3 Å². The van der Waals surface area contributed by atoms with Gasteiger partial charge in [0.15, 0.2) is 0 Å². The summed E-state index contributed by atoms with van der Waals surface area (Å²) in [5, 5.41) is 3.36. The van der Waals surface area contributed by atoms with Crippen LogP contribution in [0.15, 0.2) is 18.2 Å². The van der Waals surface area contributed by atoms with Crippen molar-refractivity contribution in [2.75, 3.05) is 13.2 Å². The van der Waals surface area contributed by atoms with Crippen LogP contribution in [-0.2, 0) is 0 Å². The van der Waals surface area contributed by atoms with Gasteiger partial charge in [-0.1, -0.05) is 26.8 Å². The fraction of sp³-hybridized carbons (Fsp3) is 0.571. The first-order valence-electron chi connectivity index (χ1n) is 6.17. The SMILES string of the molecule is CCNC(COc1ccc(C)c(F)c1)C(C)C. The van der Waals surface area contributed by atoms with E-state index in [4.69, 9.17) is 4.74 Å². The number of hydrogen-bond donors (Lipinski definition) is 1. The van der Waals surface area contributed by atoms with E-state index in [0.717, 1.165) is 6.54 Å². The van der Waals surface area contributed by atoms with Crippen LogP contribution in [0.4, 0.5) is 4.39 Å². The Bertz CT molecular complexity index is 352. The number of rotatable bonds is 6. The first-order valence-corrected chi connectivity index (χ1v) is 6.17. The second-order valence-corrected chi connectivity index (χ2v) is 4.63. The Hall–Kier alpha value is -1.09. The topological polar surface area (TPSA) is 21.3 Å². The Morgan fingerprint density at radius 2 is 2.06 bits per heavy atom. The van der Waals surface area contributed by atoms with Crippen LogP contribution >= 0.6 is 0 Å². The van der Waals surface area contributed by atoms with Gasteiger partial charge in [0.2, 0.25) is 0 Å². The van der Waals surface area contributed by atoms with Gasteiger partial charge >= 0.3 is 0 Å². The van der Waals surface area contributed by atoms with Crippen LogP contribution in [0.25, 0.3) is 0 Å². The highest BCUT2D eigenvalue weighted by Gasteiger charge is 2.12. The molecule has 1 rings (SSSR count). The number of benzene rings is 1. The fourth-order valence-electron chi connectivity index (χ4n) is 1.60. The van der Waals surface area contributed by atoms with Crippen molar-refractivity contribution in [3.05, 3.63) is 29.6 Å². The van der Waals surface area contributed by atoms with E-state index in [1.807, 2.05) is 6.07 Å². The molecule has 0 heterocycles. The van der Waals surface area contributed by atoms with Crippen molar-refractivity contribution in [1.82, 2.24) is 5.32 Å². The molecule has 3 heteroatoms. The van der Waals surface area contributed by atoms with Crippen LogP contribution in [0.2, 0.25) is 0 Å². The van der Waals surface area contributed by atoms with Crippen molar-refractivity contribution < 1.29 is 9.13 Å². The summed E-state index contributed by atoms with van der Waals surface area (Å²) in [6, 6.07) is 5.28. The minimum atomic E-state index is -0.216. The normalized spacial score (nSPS) is 12.8. The van der Waals surface area contributed by atoms with Crippen LogP contribution < -0.4 is 10.1 Å². The van der Waals surface area contributed by atoms with Crippen LogP contribution in [0.5, 0.6) is 5.75 Å². The van der Waals surface area contributed by atoms with Gasteiger partial charge in [-0.05, 0) is 31.0 Å². The lowest BCUT2D eigenvalue weighted by Crippen LogP contribution is -2.38. The highest BCUT2D eigenvalue weighted by molar-refractivity contribution is 5.28. The van der Waals surface area contributed by atoms with Crippen molar-refractivity contribution >= 4 is 0 Å². The van der Waals surface area contributed by atoms with Gasteiger partial charge in [-0.15, -0.1) is 0 Å². The molecule has 17 heavy (non-hydrogen) atoms. The summed E-state index contributed by atoms with van der Waals surface area (Å²) in [5.41, 5.74) is 0.643. The van der Waals surface area contributed by atoms with E-state index < -0.39 is 0 Å². The average Bonchev–Trinajstić information content (AvgIpc) is 2.28. The molecule has 0 amide bonds. The summed E-state index contributed by atoms with van der Waals surface area (Å²) >= 11 is 0. The molecule has 1 N–H and O–H groups in total. The summed E-state index contributed by atoms with van der Waals surface area (Å²) in [6.45, 7) is 9.58. The average molecular weight is 239 g/mol. The number of halogens is 1. The molecule has 1 unspecified atom stereocenters. The molecule has 96 valence electrons. The molecule has 0 spiro atoms. The number of aryl methyl sites for hydroxylation is 1. The zero-order chi connectivity index (χ0) is 12.8. The van der Waals surface area contributed by atoms with E-state index in [9.17, 15) is 4.39 Å². The van der Waals surface area contributed by atoms with Gasteiger partial charge in [0.25, 0.3) is 0 Å². The van der Waals surface area contributed by atoms with Gasteiger partial charge in [-0.2, -0.15) is 0 Å². The maximum atomic E-state index is 13.3. The summed E-state index contributed by atoms with van der Waals surface area (Å²) in [7, 11) is 0. The van der Waals surface area contributed by atoms with Crippen LogP contribution in [0.3, 0.4) is 0 Å². The summed E-state index contributed by atoms with van der Waals surface area (Å²) in [4.78, 5) is 0. The minimum absolute atomic E-state index is 0.216. The third-order valence-corrected chi connectivity index (χ3v) is 2.84. The minimum Gasteiger partial charge on any atom is -0.492 e. The quantitative estimate of drug-likeness (QED) is 0.823. The molecular formula is C14H22FNO. The Balaban J connectivity index is 2.56. The molecule has 1 aromatic rings. The molecule has 2 nitrogen and oxygen atoms in total. The second kappa shape index (κ2) is 6.60. The molecule has 0 saturated heterocycles. The predicted molar refractivity (Wildman–Crippen MR) is 68.9 cm³/mol. The standard InChI is InChI=1S/C14H22FNO/c1-5-16-14(10(2)3)9-17-12-7-6-11(4)13(15)8-12/h6-8,10,14,16H,5,9H2,1-4H3. The van der Waals surface area contributed by atoms with E-state index in [-0.39, 0.29) is 5.82 Å². The zero-order valence-corrected chi connectivity index (χ0v) is 11.1. The Labute approximate surface area is 103 Å². The highest BCUT2D eigenvalue weighted by Crippen LogP contribution is 2.16. The molecule has 0 aromatic heterocycles. The van der Waals surface area contributed by atoms with Crippen LogP contribution in [-0.4, -0.2) is 19.2 Å². The number of likely N-dealkylation sites (N-methyl/N-ethyl adjacent to an activating group) is 1. The van der Waals surface area contributed by atoms with Gasteiger partial charge in [0.1, 0.15) is 18.2 Å². The summed E-state index contributed by atoms with van der Waals surface area (Å²) in [5.74, 6) is 0.869. The largest absolute Gasteiger partial charge is 0.492 e. The first kappa shape index (κ1) is 14.0. The third-order valence-electron chi connectivity index (χ3n) is 2.84. The van der Waals surface area contributed by atoms with Gasteiger partial charge < -0.3 is 10.1 Å². The van der Waals surface area contributed by atoms with E-state index in [0.29, 0.717) is 29.9 Å². The molecule has 0 radical (unpaired) electrons. The molecule has 1 aromatic carbocycles. The molecule has 0 aliphatic carbocycles. The Morgan fingerprint density at radius 1 is 1.35 bits per heavy atom. The van der Waals surface area contributed by atoms with Gasteiger partial charge in [0.05, 0.1) is 0 Å². The molecule has 0 fully saturated rings. The van der Waals surface area contributed by atoms with E-state index in [1.165, 1.54) is 6.07 Å². The van der Waals surface area contributed by atoms with Crippen molar-refractivity contribution in [3.63, 3.8) is 0 Å². The molecule has 0 saturated carbocycles. The Morgan fingerprint density at radius 3 is 2.59 bits per heavy atom. The number of nitrogens with one attached hydrogen (secondary N) is 1. The molecule has 0 bridgehead atoms. The second-order valence-electron chi connectivity index (χ2n) is 4.63. The lowest BCUT2D eigenvalue weighted by molar-refractivity contribution is 0.231. The third kappa shape index (κ3) is 4.35. The van der Waals surface area contributed by atoms with Gasteiger partial charge in [-0.25, -0.2) is 4.39 Å². The number of ether oxygens (including phenoxy) is 1. The van der Waals surface area contributed by atoms with Crippen molar-refractivity contribution in [2.24, 2.45) is 5.92 Å². The molecule has 1 atom stereocenters. The highest BCUT2D eigenvalue weighted by atomic mass is 19.1. The van der Waals surface area contributed by atoms with E-state index in [1.54, 1.807) is 13.0 Å². The number of hydrogen-bond acceptors (Lipinski definition) is 2.